The molecule has 0 aliphatic carbocycles. The molecule has 0 heterocycles. The quantitative estimate of drug-likeness (QED) is 0.903. The van der Waals surface area contributed by atoms with E-state index in [1.54, 1.807) is 6.07 Å². The lowest BCUT2D eigenvalue weighted by Crippen LogP contribution is -2.34. The van der Waals surface area contributed by atoms with Crippen LogP contribution in [-0.2, 0) is 0 Å². The normalized spacial score (nSPS) is 13.1. The number of halogens is 2. The van der Waals surface area contributed by atoms with Crippen molar-refractivity contribution in [2.45, 2.75) is 19.9 Å². The molecule has 0 bridgehead atoms. The van der Waals surface area contributed by atoms with Crippen LogP contribution in [0.4, 0.5) is 4.39 Å². The van der Waals surface area contributed by atoms with Gasteiger partial charge in [0, 0.05) is 22.6 Å². The zero-order valence-electron chi connectivity index (χ0n) is 9.71. The standard InChI is InChI=1S/C12H18BrFN2/c1-3-16(4-2)12(8-15)10-7-9(13)5-6-11(10)14/h5-7,12H,3-4,8,15H2,1-2H3. The molecule has 0 aliphatic heterocycles. The van der Waals surface area contributed by atoms with E-state index in [1.165, 1.54) is 6.07 Å². The average molecular weight is 289 g/mol. The van der Waals surface area contributed by atoms with Gasteiger partial charge in [0.1, 0.15) is 5.82 Å². The molecular weight excluding hydrogens is 271 g/mol. The van der Waals surface area contributed by atoms with Gasteiger partial charge < -0.3 is 5.73 Å². The highest BCUT2D eigenvalue weighted by molar-refractivity contribution is 9.10. The van der Waals surface area contributed by atoms with E-state index in [0.717, 1.165) is 17.6 Å². The van der Waals surface area contributed by atoms with Crippen LogP contribution in [-0.4, -0.2) is 24.5 Å². The van der Waals surface area contributed by atoms with Gasteiger partial charge in [-0.15, -0.1) is 0 Å². The summed E-state index contributed by atoms with van der Waals surface area (Å²) in [6, 6.07) is 4.94. The molecule has 0 saturated carbocycles. The Morgan fingerprint density at radius 1 is 1.38 bits per heavy atom. The van der Waals surface area contributed by atoms with E-state index < -0.39 is 0 Å². The molecule has 0 radical (unpaired) electrons. The van der Waals surface area contributed by atoms with E-state index in [2.05, 4.69) is 34.7 Å². The molecule has 1 aromatic carbocycles. The summed E-state index contributed by atoms with van der Waals surface area (Å²) in [5.74, 6) is -0.189. The van der Waals surface area contributed by atoms with Crippen LogP contribution in [0.15, 0.2) is 22.7 Å². The second kappa shape index (κ2) is 6.33. The van der Waals surface area contributed by atoms with E-state index in [-0.39, 0.29) is 11.9 Å². The first-order valence-corrected chi connectivity index (χ1v) is 6.32. The maximum Gasteiger partial charge on any atom is 0.128 e. The lowest BCUT2D eigenvalue weighted by Gasteiger charge is -2.29. The highest BCUT2D eigenvalue weighted by atomic mass is 79.9. The SMILES string of the molecule is CCN(CC)C(CN)c1cc(Br)ccc1F. The van der Waals surface area contributed by atoms with Crippen molar-refractivity contribution in [2.75, 3.05) is 19.6 Å². The van der Waals surface area contributed by atoms with Crippen LogP contribution < -0.4 is 5.73 Å². The maximum absolute atomic E-state index is 13.7. The maximum atomic E-state index is 13.7. The van der Waals surface area contributed by atoms with Gasteiger partial charge in [-0.3, -0.25) is 4.90 Å². The molecule has 0 amide bonds. The number of likely N-dealkylation sites (N-methyl/N-ethyl adjacent to an activating group) is 1. The molecule has 4 heteroatoms. The van der Waals surface area contributed by atoms with E-state index in [0.29, 0.717) is 12.1 Å². The molecule has 0 spiro atoms. The topological polar surface area (TPSA) is 29.3 Å². The zero-order valence-corrected chi connectivity index (χ0v) is 11.3. The Balaban J connectivity index is 3.06. The van der Waals surface area contributed by atoms with E-state index in [1.807, 2.05) is 6.07 Å². The van der Waals surface area contributed by atoms with Crippen LogP contribution in [0.3, 0.4) is 0 Å². The molecule has 0 saturated heterocycles. The number of hydrogen-bond donors (Lipinski definition) is 1. The average Bonchev–Trinajstić information content (AvgIpc) is 2.29. The number of nitrogens with two attached hydrogens (primary N) is 1. The Morgan fingerprint density at radius 2 is 2.00 bits per heavy atom. The number of benzene rings is 1. The van der Waals surface area contributed by atoms with Gasteiger partial charge in [0.05, 0.1) is 0 Å². The number of hydrogen-bond acceptors (Lipinski definition) is 2. The second-order valence-corrected chi connectivity index (χ2v) is 4.55. The first kappa shape index (κ1) is 13.6. The van der Waals surface area contributed by atoms with Crippen molar-refractivity contribution in [3.05, 3.63) is 34.1 Å². The van der Waals surface area contributed by atoms with Gasteiger partial charge in [0.25, 0.3) is 0 Å². The smallest absolute Gasteiger partial charge is 0.128 e. The van der Waals surface area contributed by atoms with E-state index in [4.69, 9.17) is 5.73 Å². The summed E-state index contributed by atoms with van der Waals surface area (Å²) >= 11 is 3.36. The fraction of sp³-hybridized carbons (Fsp3) is 0.500. The van der Waals surface area contributed by atoms with Gasteiger partial charge in [0.15, 0.2) is 0 Å². The Hall–Kier alpha value is -0.450. The van der Waals surface area contributed by atoms with Crippen LogP contribution in [0.25, 0.3) is 0 Å². The first-order valence-electron chi connectivity index (χ1n) is 5.53. The summed E-state index contributed by atoms with van der Waals surface area (Å²) in [5, 5.41) is 0. The van der Waals surface area contributed by atoms with Crippen LogP contribution in [0, 0.1) is 5.82 Å². The van der Waals surface area contributed by atoms with Crippen LogP contribution in [0.1, 0.15) is 25.5 Å². The third-order valence-corrected chi connectivity index (χ3v) is 3.29. The molecule has 1 atom stereocenters. The molecule has 0 fully saturated rings. The van der Waals surface area contributed by atoms with Crippen LogP contribution >= 0.6 is 15.9 Å². The fourth-order valence-electron chi connectivity index (χ4n) is 1.91. The molecule has 2 nitrogen and oxygen atoms in total. The first-order chi connectivity index (χ1) is 7.63. The highest BCUT2D eigenvalue weighted by Gasteiger charge is 2.19. The molecule has 16 heavy (non-hydrogen) atoms. The summed E-state index contributed by atoms with van der Waals surface area (Å²) in [5.41, 5.74) is 6.42. The summed E-state index contributed by atoms with van der Waals surface area (Å²) in [6.07, 6.45) is 0. The Kier molecular flexibility index (Phi) is 5.38. The Labute approximate surface area is 105 Å². The third-order valence-electron chi connectivity index (χ3n) is 2.79. The molecule has 0 aromatic heterocycles. The van der Waals surface area contributed by atoms with E-state index in [9.17, 15) is 4.39 Å². The van der Waals surface area contributed by atoms with Crippen molar-refractivity contribution in [3.63, 3.8) is 0 Å². The third kappa shape index (κ3) is 3.03. The lowest BCUT2D eigenvalue weighted by molar-refractivity contribution is 0.219. The molecule has 90 valence electrons. The van der Waals surface area contributed by atoms with Gasteiger partial charge >= 0.3 is 0 Å². The van der Waals surface area contributed by atoms with Crippen molar-refractivity contribution in [3.8, 4) is 0 Å². The summed E-state index contributed by atoms with van der Waals surface area (Å²) in [4.78, 5) is 2.16. The van der Waals surface area contributed by atoms with Crippen LogP contribution in [0.5, 0.6) is 0 Å². The minimum absolute atomic E-state index is 0.0486. The highest BCUT2D eigenvalue weighted by Crippen LogP contribution is 2.25. The molecule has 2 N–H and O–H groups in total. The largest absolute Gasteiger partial charge is 0.329 e. The number of nitrogens with zero attached hydrogens (tertiary/aromatic N) is 1. The number of rotatable bonds is 5. The molecule has 1 aromatic rings. The van der Waals surface area contributed by atoms with Gasteiger partial charge in [-0.05, 0) is 31.3 Å². The Morgan fingerprint density at radius 3 is 2.50 bits per heavy atom. The minimum atomic E-state index is -0.189. The van der Waals surface area contributed by atoms with Gasteiger partial charge in [0.2, 0.25) is 0 Å². The van der Waals surface area contributed by atoms with Crippen LogP contribution in [0.2, 0.25) is 0 Å². The van der Waals surface area contributed by atoms with Crippen molar-refractivity contribution >= 4 is 15.9 Å². The van der Waals surface area contributed by atoms with Gasteiger partial charge in [-0.2, -0.15) is 0 Å². The zero-order chi connectivity index (χ0) is 12.1. The predicted octanol–water partition coefficient (Wildman–Crippen LogP) is 2.93. The lowest BCUT2D eigenvalue weighted by atomic mass is 10.0. The van der Waals surface area contributed by atoms with E-state index >= 15 is 0 Å². The van der Waals surface area contributed by atoms with Gasteiger partial charge in [-0.25, -0.2) is 4.39 Å². The monoisotopic (exact) mass is 288 g/mol. The van der Waals surface area contributed by atoms with Crippen molar-refractivity contribution in [1.29, 1.82) is 0 Å². The predicted molar refractivity (Wildman–Crippen MR) is 68.8 cm³/mol. The van der Waals surface area contributed by atoms with Crippen molar-refractivity contribution in [2.24, 2.45) is 5.73 Å². The summed E-state index contributed by atoms with van der Waals surface area (Å²) in [7, 11) is 0. The molecule has 0 aliphatic rings. The fourth-order valence-corrected chi connectivity index (χ4v) is 2.29. The molecule has 1 unspecified atom stereocenters. The molecule has 1 rings (SSSR count). The van der Waals surface area contributed by atoms with Crippen molar-refractivity contribution < 1.29 is 4.39 Å². The Bertz CT molecular complexity index is 340. The summed E-state index contributed by atoms with van der Waals surface area (Å²) in [6.45, 7) is 6.27. The van der Waals surface area contributed by atoms with Crippen molar-refractivity contribution in [1.82, 2.24) is 4.90 Å². The van der Waals surface area contributed by atoms with Gasteiger partial charge in [-0.1, -0.05) is 29.8 Å². The summed E-state index contributed by atoms with van der Waals surface area (Å²) < 4.78 is 14.6. The minimum Gasteiger partial charge on any atom is -0.329 e. The molecular formula is C12H18BrFN2. The second-order valence-electron chi connectivity index (χ2n) is 3.64.